The van der Waals surface area contributed by atoms with E-state index in [-0.39, 0.29) is 44.9 Å². The second kappa shape index (κ2) is 8.54. The molecule has 1 atom stereocenters. The zero-order chi connectivity index (χ0) is 25.9. The number of halogens is 6. The van der Waals surface area contributed by atoms with Gasteiger partial charge in [0, 0.05) is 22.7 Å². The van der Waals surface area contributed by atoms with Gasteiger partial charge in [0.05, 0.1) is 21.3 Å². The Labute approximate surface area is 213 Å². The molecule has 0 spiro atoms. The number of allylic oxidation sites excluding steroid dienone is 1. The van der Waals surface area contributed by atoms with Crippen molar-refractivity contribution in [3.63, 3.8) is 0 Å². The number of benzene rings is 2. The lowest BCUT2D eigenvalue weighted by molar-refractivity contribution is -0.186. The SMILES string of the molecule is CC1(C)CC(=O)C2=C(C1)N(c1ccc(Cl)c(Cl)c1)C(=O)C2(NC(=O)c1ccc(Cl)cc1)C(F)(F)F. The van der Waals surface area contributed by atoms with Crippen molar-refractivity contribution >= 4 is 58.1 Å². The van der Waals surface area contributed by atoms with Gasteiger partial charge in [-0.15, -0.1) is 0 Å². The molecule has 1 unspecified atom stereocenters. The maximum absolute atomic E-state index is 14.9. The number of carbonyl (C=O) groups is 3. The monoisotopic (exact) mass is 544 g/mol. The molecule has 35 heavy (non-hydrogen) atoms. The van der Waals surface area contributed by atoms with Crippen molar-refractivity contribution in [3.8, 4) is 0 Å². The van der Waals surface area contributed by atoms with Crippen LogP contribution in [0.1, 0.15) is 37.0 Å². The molecule has 1 aliphatic carbocycles. The van der Waals surface area contributed by atoms with Gasteiger partial charge in [-0.2, -0.15) is 13.2 Å². The maximum atomic E-state index is 14.9. The molecule has 1 heterocycles. The number of amides is 2. The predicted octanol–water partition coefficient (Wildman–Crippen LogP) is 6.37. The molecule has 0 fully saturated rings. The zero-order valence-electron chi connectivity index (χ0n) is 18.4. The number of nitrogens with one attached hydrogen (secondary N) is 1. The molecular weight excluding hydrogens is 528 g/mol. The summed E-state index contributed by atoms with van der Waals surface area (Å²) in [6, 6.07) is 9.01. The van der Waals surface area contributed by atoms with Crippen LogP contribution in [0.2, 0.25) is 15.1 Å². The molecule has 11 heteroatoms. The van der Waals surface area contributed by atoms with Gasteiger partial charge in [0.25, 0.3) is 11.8 Å². The first kappa shape index (κ1) is 25.5. The molecule has 184 valence electrons. The lowest BCUT2D eigenvalue weighted by Crippen LogP contribution is -2.66. The number of nitrogens with zero attached hydrogens (tertiary/aromatic N) is 1. The Morgan fingerprint density at radius 3 is 2.17 bits per heavy atom. The summed E-state index contributed by atoms with van der Waals surface area (Å²) in [5, 5.41) is 2.28. The molecule has 1 aliphatic heterocycles. The number of carbonyl (C=O) groups excluding carboxylic acids is 3. The second-order valence-electron chi connectivity index (χ2n) is 9.21. The van der Waals surface area contributed by atoms with Crippen molar-refractivity contribution < 1.29 is 27.6 Å². The normalized spacial score (nSPS) is 21.9. The molecule has 5 nitrogen and oxygen atoms in total. The first-order chi connectivity index (χ1) is 16.2. The van der Waals surface area contributed by atoms with E-state index in [0.717, 1.165) is 4.90 Å². The molecule has 0 saturated heterocycles. The molecular formula is C24H18Cl3F3N2O3. The number of rotatable bonds is 3. The average molecular weight is 546 g/mol. The first-order valence-corrected chi connectivity index (χ1v) is 11.5. The van der Waals surface area contributed by atoms with Crippen molar-refractivity contribution in [3.05, 3.63) is 74.4 Å². The van der Waals surface area contributed by atoms with Crippen molar-refractivity contribution in [2.45, 2.75) is 38.4 Å². The fourth-order valence-corrected chi connectivity index (χ4v) is 4.91. The van der Waals surface area contributed by atoms with Gasteiger partial charge in [0.2, 0.25) is 5.54 Å². The Morgan fingerprint density at radius 2 is 1.60 bits per heavy atom. The highest BCUT2D eigenvalue weighted by Gasteiger charge is 2.72. The van der Waals surface area contributed by atoms with Gasteiger partial charge in [0.1, 0.15) is 0 Å². The van der Waals surface area contributed by atoms with Crippen molar-refractivity contribution in [2.75, 3.05) is 4.90 Å². The summed E-state index contributed by atoms with van der Waals surface area (Å²) in [7, 11) is 0. The quantitative estimate of drug-likeness (QED) is 0.488. The van der Waals surface area contributed by atoms with E-state index in [0.29, 0.717) is 0 Å². The van der Waals surface area contributed by atoms with Gasteiger partial charge >= 0.3 is 6.18 Å². The Kier molecular flexibility index (Phi) is 6.23. The standard InChI is InChI=1S/C24H18Cl3F3N2O3/c1-22(2)10-17-19(18(33)11-22)23(24(28,29)30,31-20(34)12-3-5-13(25)6-4-12)21(35)32(17)14-7-8-15(26)16(27)9-14/h3-9H,10-11H2,1-2H3,(H,31,34). The molecule has 2 amide bonds. The second-order valence-corrected chi connectivity index (χ2v) is 10.5. The van der Waals surface area contributed by atoms with Crippen molar-refractivity contribution in [1.82, 2.24) is 5.32 Å². The summed E-state index contributed by atoms with van der Waals surface area (Å²) < 4.78 is 44.6. The number of ketones is 1. The average Bonchev–Trinajstić information content (AvgIpc) is 2.98. The predicted molar refractivity (Wildman–Crippen MR) is 127 cm³/mol. The number of hydrogen-bond acceptors (Lipinski definition) is 3. The minimum atomic E-state index is -5.34. The number of hydrogen-bond donors (Lipinski definition) is 1. The smallest absolute Gasteiger partial charge is 0.326 e. The third-order valence-corrected chi connectivity index (χ3v) is 7.01. The van der Waals surface area contributed by atoms with Crippen LogP contribution in [0.15, 0.2) is 53.7 Å². The first-order valence-electron chi connectivity index (χ1n) is 10.4. The highest BCUT2D eigenvalue weighted by Crippen LogP contribution is 2.53. The van der Waals surface area contributed by atoms with Crippen LogP contribution in [0.5, 0.6) is 0 Å². The molecule has 0 bridgehead atoms. The minimum absolute atomic E-state index is 0.00531. The van der Waals surface area contributed by atoms with Gasteiger partial charge in [-0.05, 0) is 54.3 Å². The van der Waals surface area contributed by atoms with Crippen LogP contribution in [0.25, 0.3) is 0 Å². The van der Waals surface area contributed by atoms with Gasteiger partial charge < -0.3 is 5.32 Å². The molecule has 2 aromatic rings. The van der Waals surface area contributed by atoms with E-state index in [4.69, 9.17) is 34.8 Å². The topological polar surface area (TPSA) is 66.5 Å². The number of Topliss-reactive ketones (excluding diaryl/α,β-unsaturated/α-hetero) is 1. The maximum Gasteiger partial charge on any atom is 0.425 e. The highest BCUT2D eigenvalue weighted by molar-refractivity contribution is 6.42. The van der Waals surface area contributed by atoms with E-state index in [9.17, 15) is 27.6 Å². The molecule has 0 saturated carbocycles. The fourth-order valence-electron chi connectivity index (χ4n) is 4.49. The van der Waals surface area contributed by atoms with E-state index < -0.39 is 40.3 Å². The fraction of sp³-hybridized carbons (Fsp3) is 0.292. The van der Waals surface area contributed by atoms with E-state index in [1.165, 1.54) is 42.5 Å². The van der Waals surface area contributed by atoms with Crippen LogP contribution in [0, 0.1) is 5.41 Å². The number of alkyl halides is 3. The van der Waals surface area contributed by atoms with E-state index in [1.54, 1.807) is 13.8 Å². The summed E-state index contributed by atoms with van der Waals surface area (Å²) in [6.07, 6.45) is -5.59. The van der Waals surface area contributed by atoms with E-state index >= 15 is 0 Å². The Morgan fingerprint density at radius 1 is 0.971 bits per heavy atom. The summed E-state index contributed by atoms with van der Waals surface area (Å²) >= 11 is 17.9. The highest BCUT2D eigenvalue weighted by atomic mass is 35.5. The van der Waals surface area contributed by atoms with Gasteiger partial charge in [-0.25, -0.2) is 0 Å². The van der Waals surface area contributed by atoms with Crippen LogP contribution in [0.3, 0.4) is 0 Å². The molecule has 2 aliphatic rings. The van der Waals surface area contributed by atoms with Crippen LogP contribution >= 0.6 is 34.8 Å². The third kappa shape index (κ3) is 4.21. The minimum Gasteiger partial charge on any atom is -0.326 e. The van der Waals surface area contributed by atoms with E-state index in [1.807, 2.05) is 5.32 Å². The molecule has 1 N–H and O–H groups in total. The van der Waals surface area contributed by atoms with Crippen molar-refractivity contribution in [1.29, 1.82) is 0 Å². The summed E-state index contributed by atoms with van der Waals surface area (Å²) in [5.74, 6) is -3.59. The molecule has 4 rings (SSSR count). The molecule has 0 radical (unpaired) electrons. The zero-order valence-corrected chi connectivity index (χ0v) is 20.7. The Balaban J connectivity index is 1.94. The molecule has 0 aromatic heterocycles. The lowest BCUT2D eigenvalue weighted by Gasteiger charge is -2.35. The molecule has 2 aromatic carbocycles. The summed E-state index contributed by atoms with van der Waals surface area (Å²) in [4.78, 5) is 40.7. The van der Waals surface area contributed by atoms with Gasteiger partial charge in [0.15, 0.2) is 5.78 Å². The lowest BCUT2D eigenvalue weighted by atomic mass is 9.72. The van der Waals surface area contributed by atoms with E-state index in [2.05, 4.69) is 0 Å². The van der Waals surface area contributed by atoms with Crippen LogP contribution in [-0.4, -0.2) is 29.3 Å². The summed E-state index contributed by atoms with van der Waals surface area (Å²) in [6.45, 7) is 3.43. The van der Waals surface area contributed by atoms with Crippen LogP contribution < -0.4 is 10.2 Å². The largest absolute Gasteiger partial charge is 0.425 e. The Hall–Kier alpha value is -2.55. The van der Waals surface area contributed by atoms with Gasteiger partial charge in [-0.1, -0.05) is 48.7 Å². The Bertz CT molecular complexity index is 1290. The summed E-state index contributed by atoms with van der Waals surface area (Å²) in [5.41, 5.74) is -5.41. The van der Waals surface area contributed by atoms with Crippen molar-refractivity contribution in [2.24, 2.45) is 5.41 Å². The van der Waals surface area contributed by atoms with Crippen LogP contribution in [-0.2, 0) is 9.59 Å². The third-order valence-electron chi connectivity index (χ3n) is 6.02. The number of anilines is 1. The van der Waals surface area contributed by atoms with Gasteiger partial charge in [-0.3, -0.25) is 19.3 Å². The van der Waals surface area contributed by atoms with Crippen LogP contribution in [0.4, 0.5) is 18.9 Å².